The fourth-order valence-corrected chi connectivity index (χ4v) is 2.29. The number of pyridine rings is 2. The van der Waals surface area contributed by atoms with Gasteiger partial charge < -0.3 is 4.74 Å². The van der Waals surface area contributed by atoms with Gasteiger partial charge in [0.25, 0.3) is 0 Å². The number of rotatable bonds is 5. The highest BCUT2D eigenvalue weighted by molar-refractivity contribution is 7.90. The van der Waals surface area contributed by atoms with Gasteiger partial charge in [0, 0.05) is 24.2 Å². The largest absolute Gasteiger partial charge is 0.472 e. The van der Waals surface area contributed by atoms with Crippen LogP contribution in [-0.2, 0) is 16.4 Å². The van der Waals surface area contributed by atoms with Crippen molar-refractivity contribution in [1.82, 2.24) is 9.97 Å². The van der Waals surface area contributed by atoms with Crippen LogP contribution in [0.25, 0.3) is 0 Å². The van der Waals surface area contributed by atoms with E-state index < -0.39 is 9.84 Å². The van der Waals surface area contributed by atoms with E-state index in [1.165, 1.54) is 30.6 Å². The molecular formula is C13H11ClN2O4S. The van der Waals surface area contributed by atoms with Crippen LogP contribution in [-0.4, -0.2) is 30.9 Å². The standard InChI is InChI=1S/C13H11ClN2O4S/c1-21(18,19)11-4-9(5-15-6-11)8-20-13-10(7-17)2-3-12(14)16-13/h2-7H,8H2,1H3. The van der Waals surface area contributed by atoms with Gasteiger partial charge in [-0.25, -0.2) is 13.4 Å². The Morgan fingerprint density at radius 3 is 2.76 bits per heavy atom. The summed E-state index contributed by atoms with van der Waals surface area (Å²) in [5.74, 6) is 0.0854. The molecule has 0 saturated heterocycles. The van der Waals surface area contributed by atoms with E-state index >= 15 is 0 Å². The molecule has 2 aromatic rings. The van der Waals surface area contributed by atoms with Crippen molar-refractivity contribution in [1.29, 1.82) is 0 Å². The molecule has 110 valence electrons. The van der Waals surface area contributed by atoms with Crippen LogP contribution >= 0.6 is 11.6 Å². The zero-order chi connectivity index (χ0) is 15.5. The molecule has 0 radical (unpaired) electrons. The lowest BCUT2D eigenvalue weighted by molar-refractivity contribution is 0.111. The van der Waals surface area contributed by atoms with Crippen molar-refractivity contribution in [3.63, 3.8) is 0 Å². The second kappa shape index (κ2) is 6.19. The number of aromatic nitrogens is 2. The van der Waals surface area contributed by atoms with Crippen molar-refractivity contribution in [3.05, 3.63) is 46.9 Å². The first-order valence-electron chi connectivity index (χ1n) is 5.78. The van der Waals surface area contributed by atoms with Gasteiger partial charge in [-0.3, -0.25) is 9.78 Å². The first kappa shape index (κ1) is 15.4. The van der Waals surface area contributed by atoms with Crippen LogP contribution in [0, 0.1) is 0 Å². The van der Waals surface area contributed by atoms with E-state index in [0.717, 1.165) is 6.26 Å². The van der Waals surface area contributed by atoms with Crippen LogP contribution in [0.2, 0.25) is 5.15 Å². The summed E-state index contributed by atoms with van der Waals surface area (Å²) in [6.45, 7) is 0.0184. The van der Waals surface area contributed by atoms with Gasteiger partial charge in [-0.1, -0.05) is 11.6 Å². The third kappa shape index (κ3) is 3.99. The van der Waals surface area contributed by atoms with Gasteiger partial charge in [0.1, 0.15) is 11.8 Å². The number of sulfone groups is 1. The van der Waals surface area contributed by atoms with E-state index in [0.29, 0.717) is 11.8 Å². The number of nitrogens with zero attached hydrogens (tertiary/aromatic N) is 2. The molecule has 0 atom stereocenters. The van der Waals surface area contributed by atoms with Crippen molar-refractivity contribution in [2.24, 2.45) is 0 Å². The van der Waals surface area contributed by atoms with Crippen molar-refractivity contribution in [2.75, 3.05) is 6.26 Å². The van der Waals surface area contributed by atoms with Gasteiger partial charge in [-0.2, -0.15) is 0 Å². The van der Waals surface area contributed by atoms with Crippen LogP contribution < -0.4 is 4.74 Å². The van der Waals surface area contributed by atoms with Crippen molar-refractivity contribution < 1.29 is 17.9 Å². The van der Waals surface area contributed by atoms with Gasteiger partial charge in [0.2, 0.25) is 5.88 Å². The maximum absolute atomic E-state index is 11.4. The molecule has 8 heteroatoms. The Bertz CT molecular complexity index is 777. The van der Waals surface area contributed by atoms with Gasteiger partial charge >= 0.3 is 0 Å². The molecule has 0 unspecified atom stereocenters. The van der Waals surface area contributed by atoms with Crippen LogP contribution in [0.3, 0.4) is 0 Å². The SMILES string of the molecule is CS(=O)(=O)c1cncc(COc2nc(Cl)ccc2C=O)c1. The summed E-state index contributed by atoms with van der Waals surface area (Å²) < 4.78 is 28.3. The molecule has 0 aliphatic carbocycles. The topological polar surface area (TPSA) is 86.2 Å². The Hall–Kier alpha value is -1.99. The monoisotopic (exact) mass is 326 g/mol. The van der Waals surface area contributed by atoms with Crippen molar-refractivity contribution >= 4 is 27.7 Å². The van der Waals surface area contributed by atoms with E-state index in [1.807, 2.05) is 0 Å². The molecule has 0 saturated carbocycles. The third-order valence-corrected chi connectivity index (χ3v) is 3.85. The van der Waals surface area contributed by atoms with Gasteiger partial charge in [0.15, 0.2) is 16.1 Å². The normalized spacial score (nSPS) is 11.1. The van der Waals surface area contributed by atoms with Crippen LogP contribution in [0.4, 0.5) is 0 Å². The van der Waals surface area contributed by atoms with Gasteiger partial charge in [0.05, 0.1) is 10.5 Å². The number of hydrogen-bond acceptors (Lipinski definition) is 6. The Kier molecular flexibility index (Phi) is 4.54. The number of halogens is 1. The molecule has 0 amide bonds. The maximum Gasteiger partial charge on any atom is 0.225 e. The molecule has 0 aromatic carbocycles. The summed E-state index contributed by atoms with van der Waals surface area (Å²) >= 11 is 5.74. The number of carbonyl (C=O) groups is 1. The molecule has 0 N–H and O–H groups in total. The molecule has 2 rings (SSSR count). The predicted molar refractivity (Wildman–Crippen MR) is 76.3 cm³/mol. The Labute approximate surface area is 126 Å². The minimum atomic E-state index is -3.34. The summed E-state index contributed by atoms with van der Waals surface area (Å²) in [5, 5.41) is 0.193. The third-order valence-electron chi connectivity index (χ3n) is 2.56. The molecule has 0 bridgehead atoms. The van der Waals surface area contributed by atoms with E-state index in [4.69, 9.17) is 16.3 Å². The molecule has 6 nitrogen and oxygen atoms in total. The van der Waals surface area contributed by atoms with E-state index in [1.54, 1.807) is 0 Å². The number of ether oxygens (including phenoxy) is 1. The molecular weight excluding hydrogens is 316 g/mol. The molecule has 21 heavy (non-hydrogen) atoms. The van der Waals surface area contributed by atoms with Crippen LogP contribution in [0.15, 0.2) is 35.5 Å². The molecule has 0 aliphatic rings. The maximum atomic E-state index is 11.4. The quantitative estimate of drug-likeness (QED) is 0.616. The van der Waals surface area contributed by atoms with E-state index in [-0.39, 0.29) is 28.1 Å². The smallest absolute Gasteiger partial charge is 0.225 e. The second-order valence-corrected chi connectivity index (χ2v) is 6.64. The van der Waals surface area contributed by atoms with E-state index in [9.17, 15) is 13.2 Å². The fourth-order valence-electron chi connectivity index (χ4n) is 1.53. The molecule has 0 spiro atoms. The van der Waals surface area contributed by atoms with E-state index in [2.05, 4.69) is 9.97 Å². The molecule has 0 aliphatic heterocycles. The van der Waals surface area contributed by atoms with Crippen LogP contribution in [0.5, 0.6) is 5.88 Å². The highest BCUT2D eigenvalue weighted by Crippen LogP contribution is 2.19. The summed E-state index contributed by atoms with van der Waals surface area (Å²) in [6, 6.07) is 4.42. The second-order valence-electron chi connectivity index (χ2n) is 4.24. The average Bonchev–Trinajstić information content (AvgIpc) is 2.45. The highest BCUT2D eigenvalue weighted by Gasteiger charge is 2.10. The summed E-state index contributed by atoms with van der Waals surface area (Å²) in [5.41, 5.74) is 0.795. The number of aldehydes is 1. The van der Waals surface area contributed by atoms with Gasteiger partial charge in [-0.15, -0.1) is 0 Å². The highest BCUT2D eigenvalue weighted by atomic mass is 35.5. The van der Waals surface area contributed by atoms with Crippen molar-refractivity contribution in [2.45, 2.75) is 11.5 Å². The summed E-state index contributed by atoms with van der Waals surface area (Å²) in [4.78, 5) is 18.7. The first-order valence-corrected chi connectivity index (χ1v) is 8.05. The van der Waals surface area contributed by atoms with Crippen LogP contribution in [0.1, 0.15) is 15.9 Å². The van der Waals surface area contributed by atoms with Crippen molar-refractivity contribution in [3.8, 4) is 5.88 Å². The minimum Gasteiger partial charge on any atom is -0.472 e. The number of hydrogen-bond donors (Lipinski definition) is 0. The number of carbonyl (C=O) groups excluding carboxylic acids is 1. The summed E-state index contributed by atoms with van der Waals surface area (Å²) in [7, 11) is -3.34. The van der Waals surface area contributed by atoms with Gasteiger partial charge in [-0.05, 0) is 18.2 Å². The Balaban J connectivity index is 2.21. The Morgan fingerprint density at radius 2 is 2.10 bits per heavy atom. The fraction of sp³-hybridized carbons (Fsp3) is 0.154. The molecule has 2 aromatic heterocycles. The molecule has 2 heterocycles. The lowest BCUT2D eigenvalue weighted by Gasteiger charge is -2.08. The zero-order valence-corrected chi connectivity index (χ0v) is 12.6. The predicted octanol–water partition coefficient (Wildman–Crippen LogP) is 1.93. The summed E-state index contributed by atoms with van der Waals surface area (Å²) in [6.07, 6.45) is 4.43. The molecule has 0 fully saturated rings. The lowest BCUT2D eigenvalue weighted by atomic mass is 10.3. The average molecular weight is 327 g/mol. The lowest BCUT2D eigenvalue weighted by Crippen LogP contribution is -2.03. The Morgan fingerprint density at radius 1 is 1.33 bits per heavy atom. The first-order chi connectivity index (χ1) is 9.90. The minimum absolute atomic E-state index is 0.0184. The zero-order valence-electron chi connectivity index (χ0n) is 11.0.